The Bertz CT molecular complexity index is 506. The lowest BCUT2D eigenvalue weighted by molar-refractivity contribution is -0.0693. The number of carbonyl (C=O) groups excluding carboxylic acids is 1. The van der Waals surface area contributed by atoms with Crippen LogP contribution in [0.1, 0.15) is 54.5 Å². The Morgan fingerprint density at radius 1 is 1.37 bits per heavy atom. The van der Waals surface area contributed by atoms with E-state index in [1.165, 1.54) is 11.3 Å². The van der Waals surface area contributed by atoms with Crippen LogP contribution in [0.25, 0.3) is 0 Å². The second-order valence-electron chi connectivity index (χ2n) is 6.34. The molecule has 2 heterocycles. The summed E-state index contributed by atoms with van der Waals surface area (Å²) in [6.07, 6.45) is 0.822. The van der Waals surface area contributed by atoms with Crippen molar-refractivity contribution in [2.75, 3.05) is 0 Å². The number of nitrogens with one attached hydrogen (secondary N) is 1. The van der Waals surface area contributed by atoms with Gasteiger partial charge in [-0.25, -0.2) is 4.98 Å². The molecule has 1 amide bonds. The molecule has 1 unspecified atom stereocenters. The summed E-state index contributed by atoms with van der Waals surface area (Å²) in [5.74, 6) is -0.0394. The summed E-state index contributed by atoms with van der Waals surface area (Å²) in [6, 6.07) is 0.0248. The molecule has 0 radical (unpaired) electrons. The third-order valence-electron chi connectivity index (χ3n) is 3.49. The van der Waals surface area contributed by atoms with Crippen molar-refractivity contribution in [2.45, 2.75) is 65.2 Å². The van der Waals surface area contributed by atoms with Crippen LogP contribution in [-0.2, 0) is 4.74 Å². The zero-order valence-electron chi connectivity index (χ0n) is 12.5. The number of hydrogen-bond donors (Lipinski definition) is 1. The Morgan fingerprint density at radius 3 is 2.42 bits per heavy atom. The van der Waals surface area contributed by atoms with Crippen molar-refractivity contribution in [3.63, 3.8) is 0 Å². The standard InChI is InChI=1S/C14H22N2O2S/c1-8-11(19-9(2)15-8)12(17)16-10-7-13(3,4)18-14(10,5)6/h10H,7H2,1-6H3,(H,16,17). The van der Waals surface area contributed by atoms with E-state index in [0.29, 0.717) is 4.88 Å². The number of rotatable bonds is 2. The third kappa shape index (κ3) is 2.98. The molecule has 5 heteroatoms. The highest BCUT2D eigenvalue weighted by Gasteiger charge is 2.46. The number of ether oxygens (including phenoxy) is 1. The van der Waals surface area contributed by atoms with Crippen LogP contribution in [0.15, 0.2) is 0 Å². The Hall–Kier alpha value is -0.940. The molecule has 1 fully saturated rings. The number of aromatic nitrogens is 1. The van der Waals surface area contributed by atoms with Gasteiger partial charge < -0.3 is 10.1 Å². The molecule has 2 rings (SSSR count). The first-order valence-corrected chi connectivity index (χ1v) is 7.37. The molecule has 106 valence electrons. The highest BCUT2D eigenvalue weighted by Crippen LogP contribution is 2.37. The van der Waals surface area contributed by atoms with Gasteiger partial charge in [0.05, 0.1) is 27.9 Å². The van der Waals surface area contributed by atoms with E-state index in [-0.39, 0.29) is 23.2 Å². The predicted molar refractivity (Wildman–Crippen MR) is 76.7 cm³/mol. The Labute approximate surface area is 118 Å². The predicted octanol–water partition coefficient (Wildman–Crippen LogP) is 2.84. The van der Waals surface area contributed by atoms with Crippen LogP contribution in [0.2, 0.25) is 0 Å². The van der Waals surface area contributed by atoms with Gasteiger partial charge in [-0.05, 0) is 48.0 Å². The van der Waals surface area contributed by atoms with E-state index in [0.717, 1.165) is 17.1 Å². The van der Waals surface area contributed by atoms with Crippen LogP contribution in [0.4, 0.5) is 0 Å². The summed E-state index contributed by atoms with van der Waals surface area (Å²) < 4.78 is 5.99. The number of nitrogens with zero attached hydrogens (tertiary/aromatic N) is 1. The lowest BCUT2D eigenvalue weighted by Crippen LogP contribution is -2.46. The van der Waals surface area contributed by atoms with Crippen LogP contribution in [0.3, 0.4) is 0 Å². The maximum Gasteiger partial charge on any atom is 0.263 e. The first-order valence-electron chi connectivity index (χ1n) is 6.56. The summed E-state index contributed by atoms with van der Waals surface area (Å²) in [7, 11) is 0. The molecule has 1 aliphatic heterocycles. The molecule has 0 aromatic carbocycles. The number of hydrogen-bond acceptors (Lipinski definition) is 4. The van der Waals surface area contributed by atoms with Crippen molar-refractivity contribution in [2.24, 2.45) is 0 Å². The van der Waals surface area contributed by atoms with Gasteiger partial charge in [0.15, 0.2) is 0 Å². The summed E-state index contributed by atoms with van der Waals surface area (Å²) in [5, 5.41) is 4.02. The SMILES string of the molecule is Cc1nc(C)c(C(=O)NC2CC(C)(C)OC2(C)C)s1. The van der Waals surface area contributed by atoms with Gasteiger partial charge in [-0.15, -0.1) is 11.3 Å². The Morgan fingerprint density at radius 2 is 2.00 bits per heavy atom. The van der Waals surface area contributed by atoms with Gasteiger partial charge in [-0.1, -0.05) is 0 Å². The van der Waals surface area contributed by atoms with E-state index in [9.17, 15) is 4.79 Å². The largest absolute Gasteiger partial charge is 0.367 e. The van der Waals surface area contributed by atoms with Crippen molar-refractivity contribution < 1.29 is 9.53 Å². The maximum atomic E-state index is 12.3. The quantitative estimate of drug-likeness (QED) is 0.907. The van der Waals surface area contributed by atoms with Gasteiger partial charge in [0, 0.05) is 0 Å². The summed E-state index contributed by atoms with van der Waals surface area (Å²) in [6.45, 7) is 12.0. The Balaban J connectivity index is 2.14. The lowest BCUT2D eigenvalue weighted by Gasteiger charge is -2.27. The molecule has 1 aliphatic rings. The fourth-order valence-electron chi connectivity index (χ4n) is 2.75. The summed E-state index contributed by atoms with van der Waals surface area (Å²) in [5.41, 5.74) is 0.267. The molecule has 1 atom stereocenters. The van der Waals surface area contributed by atoms with E-state index in [4.69, 9.17) is 4.74 Å². The average Bonchev–Trinajstić information content (AvgIpc) is 2.63. The Kier molecular flexibility index (Phi) is 3.47. The van der Waals surface area contributed by atoms with E-state index < -0.39 is 0 Å². The molecule has 1 saturated heterocycles. The van der Waals surface area contributed by atoms with Gasteiger partial charge >= 0.3 is 0 Å². The zero-order chi connectivity index (χ0) is 14.4. The number of aryl methyl sites for hydroxylation is 2. The van der Waals surface area contributed by atoms with E-state index >= 15 is 0 Å². The second-order valence-corrected chi connectivity index (χ2v) is 7.55. The molecule has 19 heavy (non-hydrogen) atoms. The summed E-state index contributed by atoms with van der Waals surface area (Å²) in [4.78, 5) is 17.3. The minimum Gasteiger partial charge on any atom is -0.367 e. The van der Waals surface area contributed by atoms with Crippen LogP contribution in [0.5, 0.6) is 0 Å². The van der Waals surface area contributed by atoms with Gasteiger partial charge in [-0.2, -0.15) is 0 Å². The molecular formula is C14H22N2O2S. The van der Waals surface area contributed by atoms with Crippen molar-refractivity contribution in [3.8, 4) is 0 Å². The molecule has 1 aromatic heterocycles. The average molecular weight is 282 g/mol. The molecule has 1 N–H and O–H groups in total. The first-order chi connectivity index (χ1) is 8.61. The van der Waals surface area contributed by atoms with Gasteiger partial charge in [0.1, 0.15) is 4.88 Å². The fourth-order valence-corrected chi connectivity index (χ4v) is 3.58. The van der Waals surface area contributed by atoms with E-state index in [1.54, 1.807) is 0 Å². The van der Waals surface area contributed by atoms with E-state index in [1.807, 2.05) is 27.7 Å². The van der Waals surface area contributed by atoms with Crippen molar-refractivity contribution in [1.82, 2.24) is 10.3 Å². The van der Waals surface area contributed by atoms with E-state index in [2.05, 4.69) is 24.1 Å². The van der Waals surface area contributed by atoms with Gasteiger partial charge in [-0.3, -0.25) is 4.79 Å². The number of thiazole rings is 1. The monoisotopic (exact) mass is 282 g/mol. The first kappa shape index (κ1) is 14.5. The molecule has 0 bridgehead atoms. The lowest BCUT2D eigenvalue weighted by atomic mass is 9.94. The van der Waals surface area contributed by atoms with Crippen LogP contribution < -0.4 is 5.32 Å². The molecule has 1 aromatic rings. The third-order valence-corrected chi connectivity index (χ3v) is 4.56. The highest BCUT2D eigenvalue weighted by molar-refractivity contribution is 7.13. The highest BCUT2D eigenvalue weighted by atomic mass is 32.1. The molecule has 0 saturated carbocycles. The van der Waals surface area contributed by atoms with Crippen molar-refractivity contribution >= 4 is 17.2 Å². The minimum atomic E-state index is -0.340. The van der Waals surface area contributed by atoms with Crippen LogP contribution in [0, 0.1) is 13.8 Å². The molecular weight excluding hydrogens is 260 g/mol. The van der Waals surface area contributed by atoms with Crippen LogP contribution >= 0.6 is 11.3 Å². The molecule has 0 aliphatic carbocycles. The topological polar surface area (TPSA) is 51.2 Å². The normalized spacial score (nSPS) is 24.4. The molecule has 0 spiro atoms. The van der Waals surface area contributed by atoms with Crippen molar-refractivity contribution in [3.05, 3.63) is 15.6 Å². The van der Waals surface area contributed by atoms with Crippen LogP contribution in [-0.4, -0.2) is 28.1 Å². The fraction of sp³-hybridized carbons (Fsp3) is 0.714. The molecule has 4 nitrogen and oxygen atoms in total. The minimum absolute atomic E-state index is 0.0248. The van der Waals surface area contributed by atoms with Crippen molar-refractivity contribution in [1.29, 1.82) is 0 Å². The van der Waals surface area contributed by atoms with Gasteiger partial charge in [0.25, 0.3) is 5.91 Å². The number of carbonyl (C=O) groups is 1. The summed E-state index contributed by atoms with van der Waals surface area (Å²) >= 11 is 1.44. The second kappa shape index (κ2) is 4.56. The zero-order valence-corrected chi connectivity index (χ0v) is 13.3. The smallest absolute Gasteiger partial charge is 0.263 e. The number of amides is 1. The maximum absolute atomic E-state index is 12.3. The van der Waals surface area contributed by atoms with Gasteiger partial charge in [0.2, 0.25) is 0 Å².